The van der Waals surface area contributed by atoms with E-state index in [1.165, 1.54) is 6.07 Å². The number of carbonyl (C=O) groups is 1. The van der Waals surface area contributed by atoms with E-state index in [1.54, 1.807) is 18.2 Å². The Labute approximate surface area is 111 Å². The first kappa shape index (κ1) is 14.2. The third-order valence-electron chi connectivity index (χ3n) is 2.60. The lowest BCUT2D eigenvalue weighted by Crippen LogP contribution is -2.40. The van der Waals surface area contributed by atoms with Crippen molar-refractivity contribution in [1.29, 1.82) is 0 Å². The first-order chi connectivity index (χ1) is 9.27. The first-order valence-electron chi connectivity index (χ1n) is 5.59. The van der Waals surface area contributed by atoms with Crippen LogP contribution >= 0.6 is 0 Å². The molecule has 0 saturated carbocycles. The summed E-state index contributed by atoms with van der Waals surface area (Å²) in [6, 6.07) is 6.05. The number of aliphatic hydroxyl groups is 1. The number of hydrogen-bond donors (Lipinski definition) is 3. The third-order valence-corrected chi connectivity index (χ3v) is 2.60. The Morgan fingerprint density at radius 3 is 2.75 bits per heavy atom. The maximum Gasteiger partial charge on any atom is 0.416 e. The van der Waals surface area contributed by atoms with Gasteiger partial charge >= 0.3 is 6.18 Å². The van der Waals surface area contributed by atoms with Crippen molar-refractivity contribution in [2.75, 3.05) is 12.3 Å². The van der Waals surface area contributed by atoms with Crippen LogP contribution in [0.4, 0.5) is 18.9 Å². The van der Waals surface area contributed by atoms with Crippen molar-refractivity contribution in [2.24, 2.45) is 0 Å². The van der Waals surface area contributed by atoms with Crippen molar-refractivity contribution in [3.63, 3.8) is 0 Å². The van der Waals surface area contributed by atoms with Crippen LogP contribution in [-0.4, -0.2) is 29.8 Å². The second-order valence-corrected chi connectivity index (χ2v) is 4.18. The largest absolute Gasteiger partial charge is 0.451 e. The summed E-state index contributed by atoms with van der Waals surface area (Å²) >= 11 is 0. The van der Waals surface area contributed by atoms with Crippen LogP contribution in [0.2, 0.25) is 0 Å². The molecule has 1 amide bonds. The Kier molecular flexibility index (Phi) is 3.58. The Balaban J connectivity index is 2.08. The number of fused-ring (bicyclic) bond motifs is 1. The number of amides is 1. The SMILES string of the molecule is Nc1ccc2oc(C(=O)NCC(O)C(F)(F)F)cc2c1. The van der Waals surface area contributed by atoms with E-state index in [0.29, 0.717) is 16.7 Å². The standard InChI is InChI=1S/C12H11F3N2O3/c13-12(14,15)10(18)5-17-11(19)9-4-6-3-7(16)1-2-8(6)20-9/h1-4,10,18H,5,16H2,(H,17,19). The molecule has 0 radical (unpaired) electrons. The zero-order valence-corrected chi connectivity index (χ0v) is 10.1. The number of anilines is 1. The lowest BCUT2D eigenvalue weighted by molar-refractivity contribution is -0.201. The smallest absolute Gasteiger partial charge is 0.416 e. The van der Waals surface area contributed by atoms with Crippen LogP contribution in [0.5, 0.6) is 0 Å². The van der Waals surface area contributed by atoms with E-state index in [-0.39, 0.29) is 5.76 Å². The van der Waals surface area contributed by atoms with Gasteiger partial charge in [-0.05, 0) is 24.3 Å². The van der Waals surface area contributed by atoms with E-state index in [4.69, 9.17) is 15.3 Å². The quantitative estimate of drug-likeness (QED) is 0.750. The highest BCUT2D eigenvalue weighted by atomic mass is 19.4. The maximum absolute atomic E-state index is 12.1. The molecular weight excluding hydrogens is 277 g/mol. The molecule has 0 bridgehead atoms. The minimum Gasteiger partial charge on any atom is -0.451 e. The summed E-state index contributed by atoms with van der Waals surface area (Å²) in [7, 11) is 0. The predicted molar refractivity (Wildman–Crippen MR) is 65.0 cm³/mol. The minimum absolute atomic E-state index is 0.153. The van der Waals surface area contributed by atoms with Gasteiger partial charge in [0.2, 0.25) is 0 Å². The van der Waals surface area contributed by atoms with Crippen LogP contribution in [0.1, 0.15) is 10.6 Å². The van der Waals surface area contributed by atoms with Gasteiger partial charge in [-0.3, -0.25) is 4.79 Å². The molecule has 2 rings (SSSR count). The highest BCUT2D eigenvalue weighted by molar-refractivity contribution is 5.96. The average Bonchev–Trinajstić information content (AvgIpc) is 2.77. The molecule has 0 aliphatic heterocycles. The Bertz CT molecular complexity index is 636. The van der Waals surface area contributed by atoms with Gasteiger partial charge in [-0.15, -0.1) is 0 Å². The van der Waals surface area contributed by atoms with Crippen LogP contribution in [-0.2, 0) is 0 Å². The molecule has 1 atom stereocenters. The number of hydrogen-bond acceptors (Lipinski definition) is 4. The molecule has 1 aromatic carbocycles. The normalized spacial score (nSPS) is 13.4. The van der Waals surface area contributed by atoms with Gasteiger partial charge in [-0.2, -0.15) is 13.2 Å². The number of halogens is 3. The average molecular weight is 288 g/mol. The zero-order chi connectivity index (χ0) is 14.9. The summed E-state index contributed by atoms with van der Waals surface area (Å²) in [5.74, 6) is -0.997. The summed E-state index contributed by atoms with van der Waals surface area (Å²) in [5.41, 5.74) is 6.41. The minimum atomic E-state index is -4.78. The molecule has 20 heavy (non-hydrogen) atoms. The molecule has 8 heteroatoms. The Morgan fingerprint density at radius 1 is 1.40 bits per heavy atom. The van der Waals surface area contributed by atoms with Gasteiger partial charge < -0.3 is 20.6 Å². The molecule has 1 unspecified atom stereocenters. The van der Waals surface area contributed by atoms with E-state index in [9.17, 15) is 18.0 Å². The van der Waals surface area contributed by atoms with Gasteiger partial charge in [0.05, 0.1) is 6.54 Å². The van der Waals surface area contributed by atoms with Crippen molar-refractivity contribution in [2.45, 2.75) is 12.3 Å². The zero-order valence-electron chi connectivity index (χ0n) is 10.1. The number of carbonyl (C=O) groups excluding carboxylic acids is 1. The fourth-order valence-corrected chi connectivity index (χ4v) is 1.57. The number of nitrogens with two attached hydrogens (primary N) is 1. The molecule has 0 fully saturated rings. The van der Waals surface area contributed by atoms with Gasteiger partial charge in [0.15, 0.2) is 11.9 Å². The van der Waals surface area contributed by atoms with E-state index in [1.807, 2.05) is 5.32 Å². The molecular formula is C12H11F3N2O3. The second-order valence-electron chi connectivity index (χ2n) is 4.18. The van der Waals surface area contributed by atoms with Gasteiger partial charge in [-0.1, -0.05) is 0 Å². The second kappa shape index (κ2) is 5.04. The predicted octanol–water partition coefficient (Wildman–Crippen LogP) is 1.67. The molecule has 1 heterocycles. The third kappa shape index (κ3) is 3.02. The molecule has 1 aromatic heterocycles. The number of rotatable bonds is 3. The van der Waals surface area contributed by atoms with Crippen LogP contribution in [0.25, 0.3) is 11.0 Å². The molecule has 0 spiro atoms. The van der Waals surface area contributed by atoms with Gasteiger partial charge in [-0.25, -0.2) is 0 Å². The topological polar surface area (TPSA) is 88.5 Å². The molecule has 2 aromatic rings. The monoisotopic (exact) mass is 288 g/mol. The maximum atomic E-state index is 12.1. The van der Waals surface area contributed by atoms with Crippen molar-refractivity contribution < 1.29 is 27.5 Å². The van der Waals surface area contributed by atoms with Crippen molar-refractivity contribution in [1.82, 2.24) is 5.32 Å². The fraction of sp³-hybridized carbons (Fsp3) is 0.250. The lowest BCUT2D eigenvalue weighted by atomic mass is 10.2. The lowest BCUT2D eigenvalue weighted by Gasteiger charge is -2.14. The summed E-state index contributed by atoms with van der Waals surface area (Å²) in [5, 5.41) is 11.3. The molecule has 0 aliphatic carbocycles. The molecule has 0 aliphatic rings. The first-order valence-corrected chi connectivity index (χ1v) is 5.59. The Hall–Kier alpha value is -2.22. The molecule has 4 N–H and O–H groups in total. The van der Waals surface area contributed by atoms with E-state index < -0.39 is 24.7 Å². The highest BCUT2D eigenvalue weighted by Crippen LogP contribution is 2.22. The molecule has 5 nitrogen and oxygen atoms in total. The van der Waals surface area contributed by atoms with Crippen molar-refractivity contribution >= 4 is 22.6 Å². The molecule has 0 saturated heterocycles. The number of furan rings is 1. The van der Waals surface area contributed by atoms with Gasteiger partial charge in [0.1, 0.15) is 5.58 Å². The number of aliphatic hydroxyl groups excluding tert-OH is 1. The van der Waals surface area contributed by atoms with Gasteiger partial charge in [0.25, 0.3) is 5.91 Å². The Morgan fingerprint density at radius 2 is 2.10 bits per heavy atom. The number of nitrogens with one attached hydrogen (secondary N) is 1. The highest BCUT2D eigenvalue weighted by Gasteiger charge is 2.38. The van der Waals surface area contributed by atoms with Crippen molar-refractivity contribution in [3.8, 4) is 0 Å². The van der Waals surface area contributed by atoms with E-state index in [2.05, 4.69) is 0 Å². The summed E-state index contributed by atoms with van der Waals surface area (Å²) in [4.78, 5) is 11.6. The summed E-state index contributed by atoms with van der Waals surface area (Å²) in [6.45, 7) is -0.943. The number of nitrogen functional groups attached to an aromatic ring is 1. The summed E-state index contributed by atoms with van der Waals surface area (Å²) < 4.78 is 41.4. The fourth-order valence-electron chi connectivity index (χ4n) is 1.57. The summed E-state index contributed by atoms with van der Waals surface area (Å²) in [6.07, 6.45) is -7.40. The van der Waals surface area contributed by atoms with E-state index in [0.717, 1.165) is 0 Å². The van der Waals surface area contributed by atoms with Gasteiger partial charge in [0, 0.05) is 11.1 Å². The molecule has 108 valence electrons. The van der Waals surface area contributed by atoms with Crippen LogP contribution in [0.15, 0.2) is 28.7 Å². The van der Waals surface area contributed by atoms with Crippen LogP contribution in [0.3, 0.4) is 0 Å². The number of benzene rings is 1. The van der Waals surface area contributed by atoms with Crippen LogP contribution in [0, 0.1) is 0 Å². The van der Waals surface area contributed by atoms with E-state index >= 15 is 0 Å². The number of alkyl halides is 3. The van der Waals surface area contributed by atoms with Crippen LogP contribution < -0.4 is 11.1 Å². The van der Waals surface area contributed by atoms with Crippen molar-refractivity contribution in [3.05, 3.63) is 30.0 Å².